The monoisotopic (exact) mass is 409 g/mol. The summed E-state index contributed by atoms with van der Waals surface area (Å²) in [6.45, 7) is 2.46. The smallest absolute Gasteiger partial charge is 0.329 e. The van der Waals surface area contributed by atoms with Gasteiger partial charge in [0.05, 0.1) is 12.0 Å². The van der Waals surface area contributed by atoms with Crippen molar-refractivity contribution >= 4 is 29.7 Å². The number of unbranched alkanes of at least 4 members (excludes halogenated alkanes) is 1. The van der Waals surface area contributed by atoms with Gasteiger partial charge >= 0.3 is 5.97 Å². The minimum Gasteiger partial charge on any atom is -0.464 e. The third kappa shape index (κ3) is 5.97. The summed E-state index contributed by atoms with van der Waals surface area (Å²) >= 11 is 1.64. The number of thioether (sulfide) groups is 1. The van der Waals surface area contributed by atoms with Crippen LogP contribution in [0.15, 0.2) is 66.7 Å². The molecule has 0 N–H and O–H groups in total. The van der Waals surface area contributed by atoms with Crippen molar-refractivity contribution in [1.82, 2.24) is 4.90 Å². The fourth-order valence-electron chi connectivity index (χ4n) is 3.24. The molecule has 0 aromatic heterocycles. The quantitative estimate of drug-likeness (QED) is 0.364. The SMILES string of the molecule is CCCCOC(=O)C1CSC(Cc2ccccc2)N1C(=O)/C=C/c1ccccc1. The van der Waals surface area contributed by atoms with Crippen molar-refractivity contribution in [2.24, 2.45) is 0 Å². The van der Waals surface area contributed by atoms with E-state index < -0.39 is 6.04 Å². The highest BCUT2D eigenvalue weighted by Crippen LogP contribution is 2.32. The van der Waals surface area contributed by atoms with Crippen LogP contribution in [0.1, 0.15) is 30.9 Å². The third-order valence-corrected chi connectivity index (χ3v) is 6.12. The molecule has 0 bridgehead atoms. The number of ether oxygens (including phenoxy) is 1. The first-order valence-electron chi connectivity index (χ1n) is 10.1. The molecule has 4 nitrogen and oxygen atoms in total. The molecular formula is C24H27NO3S. The van der Waals surface area contributed by atoms with E-state index in [-0.39, 0.29) is 17.3 Å². The first kappa shape index (κ1) is 21.2. The van der Waals surface area contributed by atoms with Crippen LogP contribution in [0.25, 0.3) is 6.08 Å². The number of esters is 1. The molecule has 2 atom stereocenters. The van der Waals surface area contributed by atoms with E-state index in [4.69, 9.17) is 4.74 Å². The second-order valence-corrected chi connectivity index (χ2v) is 8.21. The van der Waals surface area contributed by atoms with Gasteiger partial charge in [0, 0.05) is 18.2 Å². The maximum absolute atomic E-state index is 13.1. The fourth-order valence-corrected chi connectivity index (χ4v) is 4.67. The van der Waals surface area contributed by atoms with Gasteiger partial charge in [-0.25, -0.2) is 4.79 Å². The van der Waals surface area contributed by atoms with Gasteiger partial charge in [-0.2, -0.15) is 0 Å². The molecule has 1 aliphatic rings. The largest absolute Gasteiger partial charge is 0.464 e. The highest BCUT2D eigenvalue weighted by molar-refractivity contribution is 8.00. The van der Waals surface area contributed by atoms with Gasteiger partial charge in [0.2, 0.25) is 5.91 Å². The summed E-state index contributed by atoms with van der Waals surface area (Å²) in [6.07, 6.45) is 5.86. The fraction of sp³-hybridized carbons (Fsp3) is 0.333. The zero-order valence-corrected chi connectivity index (χ0v) is 17.5. The van der Waals surface area contributed by atoms with Gasteiger partial charge < -0.3 is 9.64 Å². The predicted octanol–water partition coefficient (Wildman–Crippen LogP) is 4.56. The van der Waals surface area contributed by atoms with Gasteiger partial charge in [-0.15, -0.1) is 11.8 Å². The zero-order chi connectivity index (χ0) is 20.5. The van der Waals surface area contributed by atoms with E-state index in [0.29, 0.717) is 18.8 Å². The van der Waals surface area contributed by atoms with E-state index in [0.717, 1.165) is 24.0 Å². The minimum absolute atomic E-state index is 0.0888. The van der Waals surface area contributed by atoms with Crippen LogP contribution in [-0.4, -0.2) is 40.6 Å². The van der Waals surface area contributed by atoms with Crippen LogP contribution in [0.2, 0.25) is 0 Å². The Morgan fingerprint density at radius 3 is 2.48 bits per heavy atom. The molecule has 0 aliphatic carbocycles. The molecule has 0 radical (unpaired) electrons. The summed E-state index contributed by atoms with van der Waals surface area (Å²) in [5.41, 5.74) is 2.10. The molecule has 5 heteroatoms. The number of amides is 1. The molecule has 152 valence electrons. The Labute approximate surface area is 176 Å². The second kappa shape index (κ2) is 10.9. The van der Waals surface area contributed by atoms with Crippen molar-refractivity contribution in [3.63, 3.8) is 0 Å². The van der Waals surface area contributed by atoms with Crippen molar-refractivity contribution in [2.75, 3.05) is 12.4 Å². The Morgan fingerprint density at radius 1 is 1.10 bits per heavy atom. The lowest BCUT2D eigenvalue weighted by Crippen LogP contribution is -2.46. The van der Waals surface area contributed by atoms with Gasteiger partial charge in [0.25, 0.3) is 0 Å². The molecule has 0 spiro atoms. The lowest BCUT2D eigenvalue weighted by atomic mass is 10.1. The molecule has 0 saturated carbocycles. The summed E-state index contributed by atoms with van der Waals surface area (Å²) in [6, 6.07) is 19.2. The van der Waals surface area contributed by atoms with E-state index in [1.165, 1.54) is 0 Å². The van der Waals surface area contributed by atoms with Gasteiger partial charge in [0.1, 0.15) is 6.04 Å². The maximum atomic E-state index is 13.1. The summed E-state index contributed by atoms with van der Waals surface area (Å²) in [7, 11) is 0. The van der Waals surface area contributed by atoms with E-state index >= 15 is 0 Å². The van der Waals surface area contributed by atoms with Crippen molar-refractivity contribution in [1.29, 1.82) is 0 Å². The average Bonchev–Trinajstić information content (AvgIpc) is 3.17. The third-order valence-electron chi connectivity index (χ3n) is 4.83. The van der Waals surface area contributed by atoms with Crippen LogP contribution in [-0.2, 0) is 20.7 Å². The molecule has 1 saturated heterocycles. The summed E-state index contributed by atoms with van der Waals surface area (Å²) in [5.74, 6) is 0.105. The number of carbonyl (C=O) groups excluding carboxylic acids is 2. The van der Waals surface area contributed by atoms with Crippen LogP contribution < -0.4 is 0 Å². The van der Waals surface area contributed by atoms with Crippen molar-refractivity contribution < 1.29 is 14.3 Å². The van der Waals surface area contributed by atoms with E-state index in [1.54, 1.807) is 28.8 Å². The van der Waals surface area contributed by atoms with E-state index in [1.807, 2.05) is 48.5 Å². The molecular weight excluding hydrogens is 382 g/mol. The lowest BCUT2D eigenvalue weighted by Gasteiger charge is -2.27. The number of benzene rings is 2. The predicted molar refractivity (Wildman–Crippen MR) is 118 cm³/mol. The van der Waals surface area contributed by atoms with Gasteiger partial charge in [-0.3, -0.25) is 4.79 Å². The Morgan fingerprint density at radius 2 is 1.79 bits per heavy atom. The van der Waals surface area contributed by atoms with Crippen LogP contribution in [0.3, 0.4) is 0 Å². The lowest BCUT2D eigenvalue weighted by molar-refractivity contribution is -0.152. The molecule has 2 aromatic carbocycles. The number of carbonyl (C=O) groups is 2. The van der Waals surface area contributed by atoms with Crippen LogP contribution in [0.5, 0.6) is 0 Å². The van der Waals surface area contributed by atoms with E-state index in [2.05, 4.69) is 19.1 Å². The summed E-state index contributed by atoms with van der Waals surface area (Å²) < 4.78 is 5.44. The highest BCUT2D eigenvalue weighted by Gasteiger charge is 2.41. The molecule has 1 fully saturated rings. The average molecular weight is 410 g/mol. The highest BCUT2D eigenvalue weighted by atomic mass is 32.2. The topological polar surface area (TPSA) is 46.6 Å². The first-order valence-corrected chi connectivity index (χ1v) is 11.1. The normalized spacial score (nSPS) is 18.9. The van der Waals surface area contributed by atoms with Crippen molar-refractivity contribution in [3.05, 3.63) is 77.9 Å². The first-order chi connectivity index (χ1) is 14.2. The van der Waals surface area contributed by atoms with Crippen LogP contribution >= 0.6 is 11.8 Å². The number of rotatable bonds is 8. The summed E-state index contributed by atoms with van der Waals surface area (Å²) in [4.78, 5) is 27.4. The van der Waals surface area contributed by atoms with Gasteiger partial charge in [-0.1, -0.05) is 74.0 Å². The molecule has 29 heavy (non-hydrogen) atoms. The molecule has 1 amide bonds. The maximum Gasteiger partial charge on any atom is 0.329 e. The van der Waals surface area contributed by atoms with Crippen molar-refractivity contribution in [3.8, 4) is 0 Å². The van der Waals surface area contributed by atoms with Gasteiger partial charge in [-0.05, 0) is 23.6 Å². The van der Waals surface area contributed by atoms with Crippen LogP contribution in [0, 0.1) is 0 Å². The molecule has 1 heterocycles. The van der Waals surface area contributed by atoms with E-state index in [9.17, 15) is 9.59 Å². The Hall–Kier alpha value is -2.53. The number of nitrogens with zero attached hydrogens (tertiary/aromatic N) is 1. The zero-order valence-electron chi connectivity index (χ0n) is 16.7. The van der Waals surface area contributed by atoms with Gasteiger partial charge in [0.15, 0.2) is 0 Å². The molecule has 3 rings (SSSR count). The Kier molecular flexibility index (Phi) is 7.94. The number of hydrogen-bond donors (Lipinski definition) is 0. The molecule has 2 unspecified atom stereocenters. The van der Waals surface area contributed by atoms with Crippen LogP contribution in [0.4, 0.5) is 0 Å². The van der Waals surface area contributed by atoms with Crippen molar-refractivity contribution in [2.45, 2.75) is 37.6 Å². The standard InChI is InChI=1S/C24H27NO3S/c1-2-3-16-28-24(27)21-18-29-23(17-20-12-8-5-9-13-20)25(21)22(26)15-14-19-10-6-4-7-11-19/h4-15,21,23H,2-3,16-18H2,1H3/b15-14+. The molecule has 2 aromatic rings. The number of hydrogen-bond acceptors (Lipinski definition) is 4. The summed E-state index contributed by atoms with van der Waals surface area (Å²) in [5, 5.41) is -0.0888. The molecule has 1 aliphatic heterocycles. The Bertz CT molecular complexity index is 823. The minimum atomic E-state index is -0.543. The second-order valence-electron chi connectivity index (χ2n) is 7.00. The Balaban J connectivity index is 1.76.